The van der Waals surface area contributed by atoms with Crippen LogP contribution in [0.5, 0.6) is 11.5 Å². The molecule has 1 aromatic carbocycles. The van der Waals surface area contributed by atoms with Gasteiger partial charge in [0.05, 0.1) is 32.3 Å². The molecule has 0 bridgehead atoms. The molecule has 0 aliphatic carbocycles. The Morgan fingerprint density at radius 1 is 1.12 bits per heavy atom. The molecule has 1 aliphatic rings. The highest BCUT2D eigenvalue weighted by Crippen LogP contribution is 2.30. The minimum Gasteiger partial charge on any atom is -0.497 e. The van der Waals surface area contributed by atoms with E-state index in [-0.39, 0.29) is 5.91 Å². The van der Waals surface area contributed by atoms with Crippen molar-refractivity contribution in [3.05, 3.63) is 36.3 Å². The lowest BCUT2D eigenvalue weighted by Gasteiger charge is -2.15. The molecule has 0 saturated carbocycles. The van der Waals surface area contributed by atoms with Gasteiger partial charge in [-0.3, -0.25) is 4.79 Å². The van der Waals surface area contributed by atoms with E-state index in [0.29, 0.717) is 28.7 Å². The van der Waals surface area contributed by atoms with E-state index in [2.05, 4.69) is 15.3 Å². The van der Waals surface area contributed by atoms with Crippen LogP contribution in [0.25, 0.3) is 0 Å². The zero-order valence-electron chi connectivity index (χ0n) is 13.8. The van der Waals surface area contributed by atoms with E-state index < -0.39 is 0 Å². The number of amides is 1. The van der Waals surface area contributed by atoms with Crippen LogP contribution in [0.3, 0.4) is 0 Å². The highest BCUT2D eigenvalue weighted by Gasteiger charge is 2.20. The molecular formula is C17H20N4O3. The summed E-state index contributed by atoms with van der Waals surface area (Å²) in [7, 11) is 3.20. The van der Waals surface area contributed by atoms with Crippen molar-refractivity contribution in [3.63, 3.8) is 0 Å². The zero-order valence-corrected chi connectivity index (χ0v) is 13.8. The summed E-state index contributed by atoms with van der Waals surface area (Å²) >= 11 is 0. The Morgan fingerprint density at radius 2 is 1.92 bits per heavy atom. The number of hydrogen-bond acceptors (Lipinski definition) is 6. The van der Waals surface area contributed by atoms with Crippen LogP contribution in [0.15, 0.2) is 30.6 Å². The summed E-state index contributed by atoms with van der Waals surface area (Å²) < 4.78 is 10.5. The first kappa shape index (κ1) is 16.0. The smallest absolute Gasteiger partial charge is 0.274 e. The molecule has 1 aliphatic heterocycles. The lowest BCUT2D eigenvalue weighted by molar-refractivity contribution is 0.0786. The average Bonchev–Trinajstić information content (AvgIpc) is 3.16. The van der Waals surface area contributed by atoms with E-state index in [4.69, 9.17) is 9.47 Å². The van der Waals surface area contributed by atoms with E-state index in [1.165, 1.54) is 6.20 Å². The molecule has 2 aromatic rings. The number of anilines is 2. The van der Waals surface area contributed by atoms with Gasteiger partial charge in [-0.05, 0) is 25.0 Å². The molecule has 7 nitrogen and oxygen atoms in total. The summed E-state index contributed by atoms with van der Waals surface area (Å²) in [5.74, 6) is 1.83. The molecule has 3 rings (SSSR count). The summed E-state index contributed by atoms with van der Waals surface area (Å²) in [6.45, 7) is 1.59. The first-order chi connectivity index (χ1) is 11.7. The Bertz CT molecular complexity index is 712. The maximum atomic E-state index is 12.3. The number of benzene rings is 1. The van der Waals surface area contributed by atoms with Crippen LogP contribution in [0, 0.1) is 0 Å². The minimum absolute atomic E-state index is 0.0643. The van der Waals surface area contributed by atoms with Crippen molar-refractivity contribution >= 4 is 17.4 Å². The topological polar surface area (TPSA) is 76.6 Å². The van der Waals surface area contributed by atoms with Gasteiger partial charge in [-0.1, -0.05) is 0 Å². The van der Waals surface area contributed by atoms with Crippen LogP contribution >= 0.6 is 0 Å². The van der Waals surface area contributed by atoms with E-state index in [1.54, 1.807) is 26.5 Å². The van der Waals surface area contributed by atoms with Crippen LogP contribution in [-0.4, -0.2) is 48.1 Å². The Balaban J connectivity index is 1.75. The molecule has 0 atom stereocenters. The summed E-state index contributed by atoms with van der Waals surface area (Å²) in [6, 6.07) is 5.43. The predicted molar refractivity (Wildman–Crippen MR) is 90.0 cm³/mol. The van der Waals surface area contributed by atoms with Crippen LogP contribution in [0.2, 0.25) is 0 Å². The summed E-state index contributed by atoms with van der Waals surface area (Å²) in [5, 5.41) is 3.13. The van der Waals surface area contributed by atoms with Crippen molar-refractivity contribution < 1.29 is 14.3 Å². The van der Waals surface area contributed by atoms with Gasteiger partial charge in [-0.25, -0.2) is 9.97 Å². The first-order valence-corrected chi connectivity index (χ1v) is 7.81. The van der Waals surface area contributed by atoms with Gasteiger partial charge in [0.2, 0.25) is 0 Å². The van der Waals surface area contributed by atoms with Crippen molar-refractivity contribution in [2.75, 3.05) is 32.6 Å². The van der Waals surface area contributed by atoms with Gasteiger partial charge in [0, 0.05) is 19.2 Å². The van der Waals surface area contributed by atoms with Crippen LogP contribution < -0.4 is 14.8 Å². The monoisotopic (exact) mass is 328 g/mol. The molecule has 1 N–H and O–H groups in total. The van der Waals surface area contributed by atoms with E-state index in [0.717, 1.165) is 25.9 Å². The molecule has 1 saturated heterocycles. The quantitative estimate of drug-likeness (QED) is 0.908. The Hall–Kier alpha value is -2.83. The van der Waals surface area contributed by atoms with Gasteiger partial charge in [0.15, 0.2) is 0 Å². The molecule has 1 aromatic heterocycles. The summed E-state index contributed by atoms with van der Waals surface area (Å²) in [5.41, 5.74) is 1.07. The van der Waals surface area contributed by atoms with Gasteiger partial charge in [0.1, 0.15) is 23.0 Å². The van der Waals surface area contributed by atoms with Crippen LogP contribution in [0.4, 0.5) is 11.5 Å². The number of likely N-dealkylation sites (tertiary alicyclic amines) is 1. The largest absolute Gasteiger partial charge is 0.497 e. The number of rotatable bonds is 5. The molecule has 126 valence electrons. The highest BCUT2D eigenvalue weighted by molar-refractivity contribution is 5.92. The maximum absolute atomic E-state index is 12.3. The fourth-order valence-corrected chi connectivity index (χ4v) is 2.63. The Morgan fingerprint density at radius 3 is 2.54 bits per heavy atom. The molecule has 1 amide bonds. The van der Waals surface area contributed by atoms with Crippen molar-refractivity contribution in [2.24, 2.45) is 0 Å². The second-order valence-electron chi connectivity index (χ2n) is 5.48. The molecule has 0 radical (unpaired) electrons. The Labute approximate surface area is 140 Å². The van der Waals surface area contributed by atoms with Crippen molar-refractivity contribution in [3.8, 4) is 11.5 Å². The number of hydrogen-bond donors (Lipinski definition) is 1. The summed E-state index contributed by atoms with van der Waals surface area (Å²) in [4.78, 5) is 22.6. The Kier molecular flexibility index (Phi) is 4.79. The number of aromatic nitrogens is 2. The number of methoxy groups -OCH3 is 2. The molecule has 0 spiro atoms. The van der Waals surface area contributed by atoms with Crippen molar-refractivity contribution in [1.82, 2.24) is 14.9 Å². The second-order valence-corrected chi connectivity index (χ2v) is 5.48. The normalized spacial score (nSPS) is 13.7. The SMILES string of the molecule is COc1ccc(OC)c(Nc2cnc(C(=O)N3CCCC3)cn2)c1. The van der Waals surface area contributed by atoms with Gasteiger partial charge < -0.3 is 19.7 Å². The fraction of sp³-hybridized carbons (Fsp3) is 0.353. The van der Waals surface area contributed by atoms with E-state index in [1.807, 2.05) is 17.0 Å². The number of carbonyl (C=O) groups excluding carboxylic acids is 1. The third-order valence-corrected chi connectivity index (χ3v) is 3.93. The predicted octanol–water partition coefficient (Wildman–Crippen LogP) is 2.47. The number of nitrogens with zero attached hydrogens (tertiary/aromatic N) is 3. The molecule has 7 heteroatoms. The standard InChI is InChI=1S/C17H20N4O3/c1-23-12-5-6-15(24-2)13(9-12)20-16-11-18-14(10-19-16)17(22)21-7-3-4-8-21/h5-6,9-11H,3-4,7-8H2,1-2H3,(H,19,20). The van der Waals surface area contributed by atoms with Crippen LogP contribution in [0.1, 0.15) is 23.3 Å². The molecule has 2 heterocycles. The van der Waals surface area contributed by atoms with E-state index in [9.17, 15) is 4.79 Å². The van der Waals surface area contributed by atoms with Crippen LogP contribution in [-0.2, 0) is 0 Å². The molecule has 0 unspecified atom stereocenters. The first-order valence-electron chi connectivity index (χ1n) is 7.81. The number of ether oxygens (including phenoxy) is 2. The van der Waals surface area contributed by atoms with Crippen molar-refractivity contribution in [2.45, 2.75) is 12.8 Å². The third-order valence-electron chi connectivity index (χ3n) is 3.93. The van der Waals surface area contributed by atoms with Gasteiger partial charge >= 0.3 is 0 Å². The third kappa shape index (κ3) is 3.40. The number of carbonyl (C=O) groups is 1. The van der Waals surface area contributed by atoms with E-state index >= 15 is 0 Å². The fourth-order valence-electron chi connectivity index (χ4n) is 2.63. The number of nitrogens with one attached hydrogen (secondary N) is 1. The van der Waals surface area contributed by atoms with Gasteiger partial charge in [0.25, 0.3) is 5.91 Å². The van der Waals surface area contributed by atoms with Gasteiger partial charge in [-0.15, -0.1) is 0 Å². The lowest BCUT2D eigenvalue weighted by atomic mass is 10.2. The lowest BCUT2D eigenvalue weighted by Crippen LogP contribution is -2.28. The zero-order chi connectivity index (χ0) is 16.9. The second kappa shape index (κ2) is 7.16. The average molecular weight is 328 g/mol. The maximum Gasteiger partial charge on any atom is 0.274 e. The minimum atomic E-state index is -0.0643. The van der Waals surface area contributed by atoms with Crippen molar-refractivity contribution in [1.29, 1.82) is 0 Å². The molecule has 24 heavy (non-hydrogen) atoms. The summed E-state index contributed by atoms with van der Waals surface area (Å²) in [6.07, 6.45) is 5.14. The molecular weight excluding hydrogens is 308 g/mol. The highest BCUT2D eigenvalue weighted by atomic mass is 16.5. The molecule has 1 fully saturated rings. The van der Waals surface area contributed by atoms with Gasteiger partial charge in [-0.2, -0.15) is 0 Å².